The van der Waals surface area contributed by atoms with Crippen LogP contribution in [0, 0.1) is 5.82 Å². The molecule has 1 heterocycles. The van der Waals surface area contributed by atoms with Crippen LogP contribution in [0.1, 0.15) is 57.8 Å². The van der Waals surface area contributed by atoms with Gasteiger partial charge >= 0.3 is 11.2 Å². The fourth-order valence-corrected chi connectivity index (χ4v) is 5.39. The number of carbonyl (C=O) groups excluding carboxylic acids is 1. The third kappa shape index (κ3) is 11.3. The summed E-state index contributed by atoms with van der Waals surface area (Å²) in [5.41, 5.74) is 0.337. The van der Waals surface area contributed by atoms with E-state index >= 15 is 0 Å². The van der Waals surface area contributed by atoms with Crippen molar-refractivity contribution in [3.8, 4) is 0 Å². The van der Waals surface area contributed by atoms with Crippen molar-refractivity contribution in [1.82, 2.24) is 0 Å². The van der Waals surface area contributed by atoms with Gasteiger partial charge in [-0.15, -0.1) is 0 Å². The molecule has 0 saturated carbocycles. The summed E-state index contributed by atoms with van der Waals surface area (Å²) in [6.07, 6.45) is 10.8. The molecule has 0 aromatic heterocycles. The highest BCUT2D eigenvalue weighted by Crippen LogP contribution is 2.25. The third-order valence-electron chi connectivity index (χ3n) is 5.03. The third-order valence-corrected chi connectivity index (χ3v) is 8.56. The summed E-state index contributed by atoms with van der Waals surface area (Å²) in [5.74, 6) is -2.47. The lowest BCUT2D eigenvalue weighted by Gasteiger charge is -2.20. The molecule has 1 aliphatic heterocycles. The van der Waals surface area contributed by atoms with E-state index in [1.807, 2.05) is 12.1 Å². The number of esters is 1. The first-order valence-corrected chi connectivity index (χ1v) is 15.3. The van der Waals surface area contributed by atoms with E-state index in [4.69, 9.17) is 4.74 Å². The second kappa shape index (κ2) is 16.0. The maximum Gasteiger partial charge on any atom is 0.428 e. The minimum absolute atomic E-state index is 0.0830. The lowest BCUT2D eigenvalue weighted by atomic mass is 10.1. The highest BCUT2D eigenvalue weighted by Gasteiger charge is 2.48. The first kappa shape index (κ1) is 31.2. The number of hydrogen-bond donors (Lipinski definition) is 0. The zero-order chi connectivity index (χ0) is 25.6. The Kier molecular flexibility index (Phi) is 14.7. The first-order valence-electron chi connectivity index (χ1n) is 11.1. The van der Waals surface area contributed by atoms with Gasteiger partial charge < -0.3 is 14.0 Å². The van der Waals surface area contributed by atoms with Gasteiger partial charge in [-0.3, -0.25) is 0 Å². The molecule has 1 fully saturated rings. The number of rotatable bonds is 12. The van der Waals surface area contributed by atoms with Crippen LogP contribution in [0.4, 0.5) is 13.2 Å². The maximum atomic E-state index is 12.8. The average molecular weight is 594 g/mol. The average Bonchev–Trinajstić information content (AvgIpc) is 2.81. The van der Waals surface area contributed by atoms with Crippen molar-refractivity contribution >= 4 is 42.9 Å². The molecule has 0 radical (unpaired) electrons. The monoisotopic (exact) mass is 592 g/mol. The number of alkyl halides is 3. The second-order valence-electron chi connectivity index (χ2n) is 7.72. The number of ether oxygens (including phenoxy) is 2. The van der Waals surface area contributed by atoms with Crippen molar-refractivity contribution in [3.05, 3.63) is 30.1 Å². The predicted molar refractivity (Wildman–Crippen MR) is 129 cm³/mol. The van der Waals surface area contributed by atoms with Crippen LogP contribution in [0.3, 0.4) is 0 Å². The molecule has 2 rings (SSSR count). The van der Waals surface area contributed by atoms with Crippen LogP contribution >= 0.6 is 15.9 Å². The molecule has 0 amide bonds. The Morgan fingerprint density at radius 3 is 2.26 bits per heavy atom. The van der Waals surface area contributed by atoms with Crippen LogP contribution in [0.25, 0.3) is 0 Å². The molecule has 0 N–H and O–H groups in total. The Morgan fingerprint density at radius 1 is 1.15 bits per heavy atom. The highest BCUT2D eigenvalue weighted by atomic mass is 79.9. The van der Waals surface area contributed by atoms with E-state index in [-0.39, 0.29) is 23.3 Å². The molecule has 2 atom stereocenters. The summed E-state index contributed by atoms with van der Waals surface area (Å²) in [4.78, 5) is 11.9. The Balaban J connectivity index is 0.000000347. The molecule has 2 unspecified atom stereocenters. The zero-order valence-electron chi connectivity index (χ0n) is 19.1. The van der Waals surface area contributed by atoms with Gasteiger partial charge in [-0.2, -0.15) is 8.78 Å². The van der Waals surface area contributed by atoms with Crippen molar-refractivity contribution in [2.45, 2.75) is 73.4 Å². The van der Waals surface area contributed by atoms with Gasteiger partial charge in [-0.1, -0.05) is 41.6 Å². The van der Waals surface area contributed by atoms with E-state index < -0.39 is 21.3 Å². The van der Waals surface area contributed by atoms with Gasteiger partial charge in [0.05, 0.1) is 24.1 Å². The minimum Gasteiger partial charge on any atom is -0.743 e. The Bertz CT molecular complexity index is 818. The molecular weight excluding hydrogens is 561 g/mol. The molecule has 1 aliphatic rings. The summed E-state index contributed by atoms with van der Waals surface area (Å²) in [6.45, 7) is 0.561. The summed E-state index contributed by atoms with van der Waals surface area (Å²) < 4.78 is 78.3. The van der Waals surface area contributed by atoms with Gasteiger partial charge in [0.1, 0.15) is 12.1 Å². The van der Waals surface area contributed by atoms with E-state index in [0.29, 0.717) is 18.3 Å². The van der Waals surface area contributed by atoms with Crippen LogP contribution in [0.5, 0.6) is 0 Å². The van der Waals surface area contributed by atoms with Crippen molar-refractivity contribution in [2.24, 2.45) is 0 Å². The highest BCUT2D eigenvalue weighted by molar-refractivity contribution is 9.09. The van der Waals surface area contributed by atoms with Gasteiger partial charge in [-0.25, -0.2) is 17.6 Å². The minimum atomic E-state index is -6.02. The number of halogens is 4. The SMILES string of the molecule is C[S+](c1ccc(F)cc1)C1CCCCO1.O=C(OCCCCCCCCBr)C(F)(F)S(=O)(=O)[O-]. The van der Waals surface area contributed by atoms with Crippen LogP contribution in [0.15, 0.2) is 29.2 Å². The topological polar surface area (TPSA) is 92.7 Å². The Labute approximate surface area is 211 Å². The molecule has 0 spiro atoms. The first-order chi connectivity index (χ1) is 16.0. The number of hydrogen-bond acceptors (Lipinski definition) is 6. The van der Waals surface area contributed by atoms with E-state index in [9.17, 15) is 30.9 Å². The van der Waals surface area contributed by atoms with Gasteiger partial charge in [-0.05, 0) is 49.9 Å². The summed E-state index contributed by atoms with van der Waals surface area (Å²) in [7, 11) is -5.94. The lowest BCUT2D eigenvalue weighted by molar-refractivity contribution is -0.161. The van der Waals surface area contributed by atoms with Crippen LogP contribution < -0.4 is 0 Å². The molecule has 1 saturated heterocycles. The zero-order valence-corrected chi connectivity index (χ0v) is 22.4. The van der Waals surface area contributed by atoms with E-state index in [2.05, 4.69) is 26.9 Å². The number of unbranched alkanes of at least 4 members (excludes halogenated alkanes) is 5. The molecule has 1 aromatic rings. The Hall–Kier alpha value is -0.820. The molecule has 0 bridgehead atoms. The molecular formula is C22H32BrF3O6S2. The Morgan fingerprint density at radius 2 is 1.74 bits per heavy atom. The van der Waals surface area contributed by atoms with Crippen molar-refractivity contribution in [1.29, 1.82) is 0 Å². The van der Waals surface area contributed by atoms with Crippen molar-refractivity contribution < 1.29 is 40.4 Å². The lowest BCUT2D eigenvalue weighted by Crippen LogP contribution is -2.39. The summed E-state index contributed by atoms with van der Waals surface area (Å²) in [5, 5.41) is -4.08. The molecule has 196 valence electrons. The molecule has 6 nitrogen and oxygen atoms in total. The van der Waals surface area contributed by atoms with Gasteiger partial charge in [0.15, 0.2) is 15.0 Å². The number of carbonyl (C=O) groups is 1. The van der Waals surface area contributed by atoms with Gasteiger partial charge in [0, 0.05) is 11.8 Å². The second-order valence-corrected chi connectivity index (χ2v) is 12.1. The van der Waals surface area contributed by atoms with E-state index in [1.165, 1.54) is 29.9 Å². The van der Waals surface area contributed by atoms with E-state index in [0.717, 1.165) is 44.0 Å². The molecule has 12 heteroatoms. The predicted octanol–water partition coefficient (Wildman–Crippen LogP) is 5.36. The molecule has 0 aliphatic carbocycles. The van der Waals surface area contributed by atoms with Crippen molar-refractivity contribution in [3.63, 3.8) is 0 Å². The number of benzene rings is 1. The summed E-state index contributed by atoms with van der Waals surface area (Å²) >= 11 is 3.29. The normalized spacial score (nSPS) is 17.4. The van der Waals surface area contributed by atoms with Crippen LogP contribution in [-0.2, 0) is 35.3 Å². The smallest absolute Gasteiger partial charge is 0.428 e. The van der Waals surface area contributed by atoms with E-state index in [1.54, 1.807) is 0 Å². The quantitative estimate of drug-likeness (QED) is 0.107. The van der Waals surface area contributed by atoms with Crippen LogP contribution in [-0.4, -0.2) is 54.4 Å². The van der Waals surface area contributed by atoms with Crippen molar-refractivity contribution in [2.75, 3.05) is 24.8 Å². The largest absolute Gasteiger partial charge is 0.743 e. The fourth-order valence-electron chi connectivity index (χ4n) is 3.05. The van der Waals surface area contributed by atoms with Gasteiger partial charge in [0.2, 0.25) is 5.44 Å². The summed E-state index contributed by atoms with van der Waals surface area (Å²) in [6, 6.07) is 6.80. The standard InChI is InChI=1S/C12H16FOS.C10H17BrF2O5S/c1-15(12-4-2-3-9-14-12)11-7-5-10(13)6-8-11;11-7-5-3-1-2-4-6-8-18-9(14)10(12,13)19(15,16)17/h5-8,12H,2-4,9H2,1H3;1-8H2,(H,15,16,17)/q+1;/p-1. The van der Waals surface area contributed by atoms with Crippen LogP contribution in [0.2, 0.25) is 0 Å². The molecule has 34 heavy (non-hydrogen) atoms. The van der Waals surface area contributed by atoms with Gasteiger partial charge in [0.25, 0.3) is 0 Å². The molecule has 1 aromatic carbocycles. The maximum absolute atomic E-state index is 12.8. The fraction of sp³-hybridized carbons (Fsp3) is 0.682.